The van der Waals surface area contributed by atoms with Crippen LogP contribution in [0.4, 0.5) is 0 Å². The van der Waals surface area contributed by atoms with Crippen molar-refractivity contribution in [2.24, 2.45) is 0 Å². The molecule has 114 valence electrons. The molecule has 1 aromatic heterocycles. The Kier molecular flexibility index (Phi) is 6.36. The third-order valence-corrected chi connectivity index (χ3v) is 4.19. The third-order valence-electron chi connectivity index (χ3n) is 2.98. The normalized spacial score (nSPS) is 10.6. The molecular formula is C16H20ClNO2S. The van der Waals surface area contributed by atoms with E-state index in [2.05, 4.69) is 18.3 Å². The van der Waals surface area contributed by atoms with Gasteiger partial charge in [-0.3, -0.25) is 0 Å². The first kappa shape index (κ1) is 16.1. The Bertz CT molecular complexity index is 571. The molecule has 0 atom stereocenters. The quantitative estimate of drug-likeness (QED) is 0.725. The van der Waals surface area contributed by atoms with Gasteiger partial charge in [0.05, 0.1) is 11.4 Å². The smallest absolute Gasteiger partial charge is 0.161 e. The van der Waals surface area contributed by atoms with Crippen LogP contribution in [0, 0.1) is 0 Å². The van der Waals surface area contributed by atoms with Crippen LogP contribution in [0.1, 0.15) is 23.8 Å². The van der Waals surface area contributed by atoms with Crippen LogP contribution in [0.3, 0.4) is 0 Å². The van der Waals surface area contributed by atoms with Gasteiger partial charge >= 0.3 is 0 Å². The summed E-state index contributed by atoms with van der Waals surface area (Å²) in [7, 11) is 1.66. The maximum atomic E-state index is 5.91. The Labute approximate surface area is 134 Å². The molecule has 0 aliphatic heterocycles. The Morgan fingerprint density at radius 1 is 1.19 bits per heavy atom. The fourth-order valence-corrected chi connectivity index (χ4v) is 2.93. The number of nitrogens with one attached hydrogen (secondary N) is 1. The molecule has 2 rings (SSSR count). The molecular weight excluding hydrogens is 306 g/mol. The lowest BCUT2D eigenvalue weighted by atomic mass is 10.2. The molecule has 0 unspecified atom stereocenters. The molecule has 0 saturated heterocycles. The van der Waals surface area contributed by atoms with E-state index >= 15 is 0 Å². The predicted molar refractivity (Wildman–Crippen MR) is 88.7 cm³/mol. The van der Waals surface area contributed by atoms with E-state index in [1.807, 2.05) is 24.3 Å². The van der Waals surface area contributed by atoms with E-state index < -0.39 is 0 Å². The average molecular weight is 326 g/mol. The van der Waals surface area contributed by atoms with Crippen LogP contribution in [0.15, 0.2) is 30.3 Å². The van der Waals surface area contributed by atoms with Gasteiger partial charge in [-0.1, -0.05) is 24.6 Å². The number of thiophene rings is 1. The lowest BCUT2D eigenvalue weighted by Crippen LogP contribution is -2.13. The highest BCUT2D eigenvalue weighted by Crippen LogP contribution is 2.30. The average Bonchev–Trinajstić information content (AvgIpc) is 2.91. The summed E-state index contributed by atoms with van der Waals surface area (Å²) in [5.74, 6) is 1.51. The molecule has 0 saturated carbocycles. The number of hydrogen-bond acceptors (Lipinski definition) is 4. The van der Waals surface area contributed by atoms with Gasteiger partial charge in [-0.2, -0.15) is 0 Å². The van der Waals surface area contributed by atoms with Crippen LogP contribution in [0.25, 0.3) is 0 Å². The Balaban J connectivity index is 1.98. The first-order valence-electron chi connectivity index (χ1n) is 6.97. The van der Waals surface area contributed by atoms with Crippen molar-refractivity contribution in [3.63, 3.8) is 0 Å². The molecule has 0 radical (unpaired) electrons. The van der Waals surface area contributed by atoms with Crippen LogP contribution < -0.4 is 14.8 Å². The number of hydrogen-bond donors (Lipinski definition) is 1. The van der Waals surface area contributed by atoms with Crippen LogP contribution in [-0.2, 0) is 13.2 Å². The highest BCUT2D eigenvalue weighted by Gasteiger charge is 2.07. The number of methoxy groups -OCH3 is 1. The molecule has 0 aliphatic carbocycles. The largest absolute Gasteiger partial charge is 0.493 e. The molecule has 0 aliphatic rings. The molecule has 0 bridgehead atoms. The molecule has 5 heteroatoms. The van der Waals surface area contributed by atoms with E-state index in [1.165, 1.54) is 16.9 Å². The van der Waals surface area contributed by atoms with Gasteiger partial charge in [0, 0.05) is 11.4 Å². The molecule has 3 nitrogen and oxygen atoms in total. The summed E-state index contributed by atoms with van der Waals surface area (Å²) < 4.78 is 12.0. The van der Waals surface area contributed by atoms with Crippen molar-refractivity contribution < 1.29 is 9.47 Å². The summed E-state index contributed by atoms with van der Waals surface area (Å²) >= 11 is 7.44. The van der Waals surface area contributed by atoms with Gasteiger partial charge in [-0.25, -0.2) is 0 Å². The zero-order valence-electron chi connectivity index (χ0n) is 12.3. The summed E-state index contributed by atoms with van der Waals surface area (Å²) in [6, 6.07) is 9.88. The van der Waals surface area contributed by atoms with Gasteiger partial charge < -0.3 is 14.8 Å². The third kappa shape index (κ3) is 4.92. The molecule has 1 aromatic carbocycles. The molecule has 1 N–H and O–H groups in total. The summed E-state index contributed by atoms with van der Waals surface area (Å²) in [4.78, 5) is 1.09. The number of rotatable bonds is 8. The van der Waals surface area contributed by atoms with E-state index in [4.69, 9.17) is 21.1 Å². The van der Waals surface area contributed by atoms with Crippen molar-refractivity contribution in [1.29, 1.82) is 0 Å². The molecule has 2 aromatic rings. The van der Waals surface area contributed by atoms with E-state index in [0.717, 1.165) is 40.2 Å². The van der Waals surface area contributed by atoms with Crippen molar-refractivity contribution in [2.75, 3.05) is 13.7 Å². The minimum Gasteiger partial charge on any atom is -0.493 e. The Morgan fingerprint density at radius 2 is 2.05 bits per heavy atom. The van der Waals surface area contributed by atoms with E-state index in [-0.39, 0.29) is 0 Å². The lowest BCUT2D eigenvalue weighted by molar-refractivity contribution is 0.287. The van der Waals surface area contributed by atoms with Crippen molar-refractivity contribution in [3.8, 4) is 11.5 Å². The lowest BCUT2D eigenvalue weighted by Gasteiger charge is -2.12. The summed E-state index contributed by atoms with van der Waals surface area (Å²) in [6.45, 7) is 4.51. The van der Waals surface area contributed by atoms with Crippen LogP contribution in [0.5, 0.6) is 11.5 Å². The number of benzene rings is 1. The molecule has 0 fully saturated rings. The van der Waals surface area contributed by atoms with Crippen LogP contribution in [-0.4, -0.2) is 13.7 Å². The maximum Gasteiger partial charge on any atom is 0.161 e. The van der Waals surface area contributed by atoms with Crippen molar-refractivity contribution in [2.45, 2.75) is 26.5 Å². The predicted octanol–water partition coefficient (Wildman–Crippen LogP) is 4.49. The van der Waals surface area contributed by atoms with Gasteiger partial charge in [0.1, 0.15) is 6.61 Å². The Morgan fingerprint density at radius 3 is 2.71 bits per heavy atom. The first-order chi connectivity index (χ1) is 10.2. The van der Waals surface area contributed by atoms with Crippen molar-refractivity contribution >= 4 is 22.9 Å². The van der Waals surface area contributed by atoms with Gasteiger partial charge in [0.2, 0.25) is 0 Å². The standard InChI is InChI=1S/C16H20ClNO2S/c1-3-8-18-10-12-4-6-14(15(9-12)19-2)20-11-13-5-7-16(17)21-13/h4-7,9,18H,3,8,10-11H2,1-2H3. The number of ether oxygens (including phenoxy) is 2. The highest BCUT2D eigenvalue weighted by molar-refractivity contribution is 7.16. The van der Waals surface area contributed by atoms with Gasteiger partial charge in [-0.15, -0.1) is 11.3 Å². The second-order valence-electron chi connectivity index (χ2n) is 4.66. The zero-order chi connectivity index (χ0) is 15.1. The second-order valence-corrected chi connectivity index (χ2v) is 6.46. The van der Waals surface area contributed by atoms with Crippen molar-refractivity contribution in [1.82, 2.24) is 5.32 Å². The SMILES string of the molecule is CCCNCc1ccc(OCc2ccc(Cl)s2)c(OC)c1. The molecule has 21 heavy (non-hydrogen) atoms. The first-order valence-corrected chi connectivity index (χ1v) is 8.17. The van der Waals surface area contributed by atoms with E-state index in [0.29, 0.717) is 6.61 Å². The van der Waals surface area contributed by atoms with Crippen LogP contribution in [0.2, 0.25) is 4.34 Å². The molecule has 0 amide bonds. The van der Waals surface area contributed by atoms with Gasteiger partial charge in [-0.05, 0) is 42.8 Å². The monoisotopic (exact) mass is 325 g/mol. The van der Waals surface area contributed by atoms with Crippen LogP contribution >= 0.6 is 22.9 Å². The van der Waals surface area contributed by atoms with E-state index in [9.17, 15) is 0 Å². The molecule has 0 spiro atoms. The van der Waals surface area contributed by atoms with Crippen molar-refractivity contribution in [3.05, 3.63) is 45.1 Å². The number of halogens is 1. The maximum absolute atomic E-state index is 5.91. The minimum absolute atomic E-state index is 0.501. The topological polar surface area (TPSA) is 30.5 Å². The fraction of sp³-hybridized carbons (Fsp3) is 0.375. The highest BCUT2D eigenvalue weighted by atomic mass is 35.5. The summed E-state index contributed by atoms with van der Waals surface area (Å²) in [5, 5.41) is 3.37. The van der Waals surface area contributed by atoms with Gasteiger partial charge in [0.25, 0.3) is 0 Å². The minimum atomic E-state index is 0.501. The summed E-state index contributed by atoms with van der Waals surface area (Å²) in [5.41, 5.74) is 1.19. The molecule has 1 heterocycles. The van der Waals surface area contributed by atoms with E-state index in [1.54, 1.807) is 7.11 Å². The second kappa shape index (κ2) is 8.27. The van der Waals surface area contributed by atoms with Gasteiger partial charge in [0.15, 0.2) is 11.5 Å². The fourth-order valence-electron chi connectivity index (χ4n) is 1.93. The summed E-state index contributed by atoms with van der Waals surface area (Å²) in [6.07, 6.45) is 1.13. The Hall–Kier alpha value is -1.23. The zero-order valence-corrected chi connectivity index (χ0v) is 13.9.